The first-order valence-electron chi connectivity index (χ1n) is 35.9. The summed E-state index contributed by atoms with van der Waals surface area (Å²) in [5, 5.41) is 46.7. The minimum absolute atomic E-state index is 0.252. The molecule has 12 aromatic carbocycles. The Morgan fingerprint density at radius 1 is 0.194 bits per heavy atom. The van der Waals surface area contributed by atoms with Crippen molar-refractivity contribution in [1.82, 2.24) is 0 Å². The number of aromatic hydroxyl groups is 4. The number of phenolic OH excluding ortho intramolecular Hbond substituents is 4. The van der Waals surface area contributed by atoms with Crippen LogP contribution in [0.5, 0.6) is 46.0 Å². The molecule has 0 bridgehead atoms. The lowest BCUT2D eigenvalue weighted by molar-refractivity contribution is 0.248. The second-order valence-corrected chi connectivity index (χ2v) is 28.4. The number of hydrogen-bond donors (Lipinski definition) is 4. The van der Waals surface area contributed by atoms with Crippen molar-refractivity contribution in [1.29, 1.82) is 0 Å². The molecule has 0 aliphatic carbocycles. The number of ether oxygens (including phenoxy) is 4. The Labute approximate surface area is 610 Å². The zero-order valence-corrected chi connectivity index (χ0v) is 62.8. The second kappa shape index (κ2) is 31.9. The minimum Gasteiger partial charge on any atom is -0.507 e. The minimum atomic E-state index is 0.252. The molecule has 0 atom stereocenters. The van der Waals surface area contributed by atoms with Crippen LogP contribution < -0.4 is 18.9 Å². The van der Waals surface area contributed by atoms with E-state index < -0.39 is 0 Å². The van der Waals surface area contributed by atoms with Gasteiger partial charge in [-0.2, -0.15) is 0 Å². The SMILES string of the molecule is Cc1cc(C)c(-c2cc(C)cc(-c3ccccc3OCCCCOc3ccccc3-c3cc(C)cc(-c4c(C)cc(C)cc4C)c3O)c2O)c(C)c1.Cc1cc(C)c(-c2cc(C)cc(-c3ccccc3OCCCOc3ccccc3-c3cc(C)cc(-c4c(C)cc(C)cc4C)c3O)c2O)c(C)c1. The summed E-state index contributed by atoms with van der Waals surface area (Å²) in [6, 6.07) is 65.3. The normalized spacial score (nSPS) is 11.1. The lowest BCUT2D eigenvalue weighted by Gasteiger charge is -2.19. The topological polar surface area (TPSA) is 118 Å². The molecule has 0 spiro atoms. The molecule has 0 amide bonds. The number of hydrogen-bond acceptors (Lipinski definition) is 8. The van der Waals surface area contributed by atoms with Gasteiger partial charge >= 0.3 is 0 Å². The van der Waals surface area contributed by atoms with Crippen molar-refractivity contribution in [2.24, 2.45) is 0 Å². The van der Waals surface area contributed by atoms with E-state index in [9.17, 15) is 20.4 Å². The van der Waals surface area contributed by atoms with E-state index >= 15 is 0 Å². The van der Waals surface area contributed by atoms with Crippen molar-refractivity contribution in [3.05, 3.63) is 283 Å². The molecular formula is C95H98O8. The largest absolute Gasteiger partial charge is 0.507 e. The third-order valence-corrected chi connectivity index (χ3v) is 19.4. The van der Waals surface area contributed by atoms with Gasteiger partial charge in [-0.05, 0) is 285 Å². The molecule has 12 aromatic rings. The maximum Gasteiger partial charge on any atom is 0.131 e. The van der Waals surface area contributed by atoms with Crippen molar-refractivity contribution >= 4 is 0 Å². The molecule has 0 aliphatic rings. The van der Waals surface area contributed by atoms with Crippen molar-refractivity contribution in [3.8, 4) is 135 Å². The summed E-state index contributed by atoms with van der Waals surface area (Å²) in [4.78, 5) is 0. The Kier molecular flexibility index (Phi) is 22.7. The fourth-order valence-corrected chi connectivity index (χ4v) is 15.4. The van der Waals surface area contributed by atoms with Crippen LogP contribution in [-0.4, -0.2) is 46.9 Å². The standard InChI is InChI=1S/C48H50O4.C47H48O4/c1-29-21-33(5)45(34(6)22-29)41-27-31(3)25-39(47(41)49)37-15-9-11-17-43(37)51-19-13-14-20-52-44-18-12-10-16-38(44)40-26-32(4)28-42(48(40)50)46-35(7)23-30(2)24-36(46)8;1-28-20-32(5)44(33(6)21-28)40-26-30(3)24-38(46(40)48)36-14-9-11-16-42(36)50-18-13-19-51-43-17-12-10-15-37(43)39-25-31(4)27-41(47(39)49)45-34(7)22-29(2)23-35(45)8/h9-12,15-18,21-28,49-50H,13-14,19-20H2,1-8H3;9-12,14-17,20-27,48-49H,13,18-19H2,1-8H3. The van der Waals surface area contributed by atoms with Crippen LogP contribution in [0, 0.1) is 111 Å². The summed E-state index contributed by atoms with van der Waals surface area (Å²) in [6.07, 6.45) is 2.21. The molecule has 8 nitrogen and oxygen atoms in total. The molecule has 0 unspecified atom stereocenters. The van der Waals surface area contributed by atoms with Gasteiger partial charge in [-0.3, -0.25) is 0 Å². The van der Waals surface area contributed by atoms with Crippen LogP contribution in [0.2, 0.25) is 0 Å². The number of phenols is 4. The second-order valence-electron chi connectivity index (χ2n) is 28.4. The third kappa shape index (κ3) is 16.4. The molecule has 0 fully saturated rings. The predicted octanol–water partition coefficient (Wildman–Crippen LogP) is 24.6. The molecule has 0 aromatic heterocycles. The van der Waals surface area contributed by atoms with Gasteiger partial charge in [-0.1, -0.05) is 144 Å². The fourth-order valence-electron chi connectivity index (χ4n) is 15.4. The number of unbranched alkanes of at least 4 members (excludes halogenated alkanes) is 1. The molecular weight excluding hydrogens is 1270 g/mol. The summed E-state index contributed by atoms with van der Waals surface area (Å²) in [6.45, 7) is 35.4. The monoisotopic (exact) mass is 1370 g/mol. The number of aryl methyl sites for hydroxylation is 16. The number of benzene rings is 12. The predicted molar refractivity (Wildman–Crippen MR) is 428 cm³/mol. The van der Waals surface area contributed by atoms with Gasteiger partial charge in [0.15, 0.2) is 0 Å². The third-order valence-electron chi connectivity index (χ3n) is 19.4. The van der Waals surface area contributed by atoms with Crippen molar-refractivity contribution < 1.29 is 39.4 Å². The van der Waals surface area contributed by atoms with E-state index in [4.69, 9.17) is 18.9 Å². The average molecular weight is 1370 g/mol. The zero-order valence-electron chi connectivity index (χ0n) is 62.8. The van der Waals surface area contributed by atoms with Crippen LogP contribution in [0.15, 0.2) is 194 Å². The van der Waals surface area contributed by atoms with E-state index in [1.54, 1.807) is 0 Å². The molecule has 4 N–H and O–H groups in total. The van der Waals surface area contributed by atoms with Gasteiger partial charge in [-0.25, -0.2) is 0 Å². The van der Waals surface area contributed by atoms with Crippen LogP contribution in [0.4, 0.5) is 0 Å². The lowest BCUT2D eigenvalue weighted by atomic mass is 9.89. The Morgan fingerprint density at radius 3 is 0.563 bits per heavy atom. The summed E-state index contributed by atoms with van der Waals surface area (Å²) in [5.41, 5.74) is 32.3. The van der Waals surface area contributed by atoms with E-state index in [1.807, 2.05) is 121 Å². The summed E-state index contributed by atoms with van der Waals surface area (Å²) >= 11 is 0. The van der Waals surface area contributed by atoms with Crippen molar-refractivity contribution in [2.75, 3.05) is 26.4 Å². The summed E-state index contributed by atoms with van der Waals surface area (Å²) in [5.74, 6) is 3.93. The molecule has 0 radical (unpaired) electrons. The Hall–Kier alpha value is -11.0. The quantitative estimate of drug-likeness (QED) is 0.0526. The first-order chi connectivity index (χ1) is 49.3. The molecule has 526 valence electrons. The van der Waals surface area contributed by atoms with Gasteiger partial charge in [0.25, 0.3) is 0 Å². The smallest absolute Gasteiger partial charge is 0.131 e. The van der Waals surface area contributed by atoms with Crippen molar-refractivity contribution in [2.45, 2.75) is 130 Å². The van der Waals surface area contributed by atoms with Crippen LogP contribution in [-0.2, 0) is 0 Å². The zero-order chi connectivity index (χ0) is 73.5. The summed E-state index contributed by atoms with van der Waals surface area (Å²) < 4.78 is 25.4. The molecule has 0 saturated carbocycles. The molecule has 12 rings (SSSR count). The lowest BCUT2D eigenvalue weighted by Crippen LogP contribution is -2.06. The van der Waals surface area contributed by atoms with E-state index in [-0.39, 0.29) is 23.0 Å². The van der Waals surface area contributed by atoms with E-state index in [2.05, 4.69) is 184 Å². The van der Waals surface area contributed by atoms with Crippen LogP contribution in [0.25, 0.3) is 89.0 Å². The average Bonchev–Trinajstić information content (AvgIpc) is 0.791. The van der Waals surface area contributed by atoms with Gasteiger partial charge in [-0.15, -0.1) is 0 Å². The van der Waals surface area contributed by atoms with Gasteiger partial charge in [0.05, 0.1) is 26.4 Å². The maximum atomic E-state index is 11.7. The Morgan fingerprint density at radius 2 is 0.359 bits per heavy atom. The van der Waals surface area contributed by atoms with Gasteiger partial charge in [0, 0.05) is 73.2 Å². The van der Waals surface area contributed by atoms with E-state index in [1.165, 1.54) is 22.3 Å². The van der Waals surface area contributed by atoms with Gasteiger partial charge < -0.3 is 39.4 Å². The van der Waals surface area contributed by atoms with Crippen LogP contribution in [0.3, 0.4) is 0 Å². The molecule has 8 heteroatoms. The van der Waals surface area contributed by atoms with Gasteiger partial charge in [0.1, 0.15) is 46.0 Å². The highest BCUT2D eigenvalue weighted by Gasteiger charge is 2.24. The molecule has 0 heterocycles. The summed E-state index contributed by atoms with van der Waals surface area (Å²) in [7, 11) is 0. The van der Waals surface area contributed by atoms with Crippen LogP contribution in [0.1, 0.15) is 108 Å². The molecule has 0 aliphatic heterocycles. The number of rotatable bonds is 21. The van der Waals surface area contributed by atoms with Gasteiger partial charge in [0.2, 0.25) is 0 Å². The Balaban J connectivity index is 0.000000207. The Bertz CT molecular complexity index is 4730. The first-order valence-corrected chi connectivity index (χ1v) is 35.9. The highest BCUT2D eigenvalue weighted by atomic mass is 16.5. The van der Waals surface area contributed by atoms with E-state index in [0.717, 1.165) is 180 Å². The maximum absolute atomic E-state index is 11.7. The van der Waals surface area contributed by atoms with Crippen molar-refractivity contribution in [3.63, 3.8) is 0 Å². The highest BCUT2D eigenvalue weighted by molar-refractivity contribution is 5.91. The number of para-hydroxylation sites is 4. The fraction of sp³-hybridized carbons (Fsp3) is 0.242. The highest BCUT2D eigenvalue weighted by Crippen LogP contribution is 2.49. The molecule has 103 heavy (non-hydrogen) atoms. The molecule has 0 saturated heterocycles. The van der Waals surface area contributed by atoms with E-state index in [0.29, 0.717) is 44.3 Å². The first kappa shape index (κ1) is 73.3. The van der Waals surface area contributed by atoms with Crippen LogP contribution >= 0.6 is 0 Å².